The number of fused-ring (bicyclic) bond motifs is 1. The Bertz CT molecular complexity index is 369. The second kappa shape index (κ2) is 3.62. The van der Waals surface area contributed by atoms with E-state index in [2.05, 4.69) is 0 Å². The molecule has 0 saturated heterocycles. The van der Waals surface area contributed by atoms with Crippen LogP contribution in [-0.2, 0) is 0 Å². The molecule has 0 amide bonds. The predicted molar refractivity (Wildman–Crippen MR) is 53.8 cm³/mol. The van der Waals surface area contributed by atoms with Crippen molar-refractivity contribution in [2.45, 2.75) is 6.92 Å². The van der Waals surface area contributed by atoms with E-state index in [-0.39, 0.29) is 6.79 Å². The van der Waals surface area contributed by atoms with Gasteiger partial charge in [-0.3, -0.25) is 0 Å². The molecule has 0 bridgehead atoms. The minimum absolute atomic E-state index is 0.269. The summed E-state index contributed by atoms with van der Waals surface area (Å²) in [5, 5.41) is 0. The maximum atomic E-state index is 5.29. The number of benzene rings is 1. The summed E-state index contributed by atoms with van der Waals surface area (Å²) in [7, 11) is 1.62. The third kappa shape index (κ3) is 1.41. The van der Waals surface area contributed by atoms with E-state index in [0.29, 0.717) is 11.5 Å². The lowest BCUT2D eigenvalue weighted by Crippen LogP contribution is -1.93. The van der Waals surface area contributed by atoms with Crippen LogP contribution in [0.2, 0.25) is 0 Å². The molecule has 1 aliphatic heterocycles. The lowest BCUT2D eigenvalue weighted by molar-refractivity contribution is 0.171. The van der Waals surface area contributed by atoms with Crippen LogP contribution in [0, 0.1) is 0 Å². The molecule has 0 fully saturated rings. The molecule has 1 aromatic carbocycles. The van der Waals surface area contributed by atoms with E-state index < -0.39 is 0 Å². The van der Waals surface area contributed by atoms with Gasteiger partial charge in [0.15, 0.2) is 11.5 Å². The van der Waals surface area contributed by atoms with Gasteiger partial charge in [0.05, 0.1) is 7.11 Å². The zero-order valence-electron chi connectivity index (χ0n) is 8.24. The molecule has 0 aromatic heterocycles. The fourth-order valence-electron chi connectivity index (χ4n) is 1.44. The van der Waals surface area contributed by atoms with Crippen molar-refractivity contribution in [1.29, 1.82) is 0 Å². The van der Waals surface area contributed by atoms with Crippen molar-refractivity contribution >= 4 is 6.08 Å². The summed E-state index contributed by atoms with van der Waals surface area (Å²) < 4.78 is 15.8. The van der Waals surface area contributed by atoms with Crippen LogP contribution in [0.3, 0.4) is 0 Å². The number of allylic oxidation sites excluding steroid dienone is 1. The second-order valence-electron chi connectivity index (χ2n) is 2.96. The van der Waals surface area contributed by atoms with E-state index in [4.69, 9.17) is 14.2 Å². The normalized spacial score (nSPS) is 13.6. The highest BCUT2D eigenvalue weighted by Gasteiger charge is 2.19. The Balaban J connectivity index is 2.49. The minimum atomic E-state index is 0.269. The molecule has 0 N–H and O–H groups in total. The van der Waals surface area contributed by atoms with Crippen LogP contribution in [0.1, 0.15) is 12.5 Å². The second-order valence-corrected chi connectivity index (χ2v) is 2.96. The lowest BCUT2D eigenvalue weighted by atomic mass is 10.1. The molecule has 1 aliphatic rings. The van der Waals surface area contributed by atoms with E-state index in [1.54, 1.807) is 7.11 Å². The molecule has 14 heavy (non-hydrogen) atoms. The number of hydrogen-bond donors (Lipinski definition) is 0. The first-order valence-corrected chi connectivity index (χ1v) is 4.45. The van der Waals surface area contributed by atoms with Crippen LogP contribution in [0.15, 0.2) is 18.2 Å². The Labute approximate surface area is 82.9 Å². The summed E-state index contributed by atoms with van der Waals surface area (Å²) in [6.45, 7) is 2.24. The van der Waals surface area contributed by atoms with Crippen molar-refractivity contribution in [3.05, 3.63) is 23.8 Å². The summed E-state index contributed by atoms with van der Waals surface area (Å²) in [5.74, 6) is 2.16. The van der Waals surface area contributed by atoms with Crippen LogP contribution < -0.4 is 14.2 Å². The maximum Gasteiger partial charge on any atom is 0.231 e. The van der Waals surface area contributed by atoms with Gasteiger partial charge >= 0.3 is 0 Å². The molecular formula is C11H12O3. The van der Waals surface area contributed by atoms with Crippen molar-refractivity contribution in [2.75, 3.05) is 13.9 Å². The molecule has 0 atom stereocenters. The molecule has 1 aromatic rings. The summed E-state index contributed by atoms with van der Waals surface area (Å²) in [4.78, 5) is 0. The number of hydrogen-bond acceptors (Lipinski definition) is 3. The van der Waals surface area contributed by atoms with Gasteiger partial charge < -0.3 is 14.2 Å². The first-order chi connectivity index (χ1) is 6.85. The lowest BCUT2D eigenvalue weighted by Gasteiger charge is -2.05. The van der Waals surface area contributed by atoms with Crippen LogP contribution in [-0.4, -0.2) is 13.9 Å². The average molecular weight is 192 g/mol. The van der Waals surface area contributed by atoms with Gasteiger partial charge in [0, 0.05) is 0 Å². The van der Waals surface area contributed by atoms with Gasteiger partial charge in [-0.15, -0.1) is 0 Å². The highest BCUT2D eigenvalue weighted by atomic mass is 16.7. The fraction of sp³-hybridized carbons (Fsp3) is 0.273. The van der Waals surface area contributed by atoms with E-state index in [1.807, 2.05) is 31.2 Å². The summed E-state index contributed by atoms with van der Waals surface area (Å²) in [6, 6.07) is 3.86. The van der Waals surface area contributed by atoms with Gasteiger partial charge in [-0.2, -0.15) is 0 Å². The van der Waals surface area contributed by atoms with Gasteiger partial charge in [0.25, 0.3) is 0 Å². The standard InChI is InChI=1S/C11H12O3/c1-3-4-8-5-9(12-2)11-10(6-8)13-7-14-11/h3-6H,7H2,1-2H3. The zero-order chi connectivity index (χ0) is 9.97. The highest BCUT2D eigenvalue weighted by molar-refractivity contribution is 5.62. The van der Waals surface area contributed by atoms with E-state index in [0.717, 1.165) is 11.3 Å². The molecule has 0 spiro atoms. The quantitative estimate of drug-likeness (QED) is 0.720. The fourth-order valence-corrected chi connectivity index (χ4v) is 1.44. The van der Waals surface area contributed by atoms with Crippen LogP contribution >= 0.6 is 0 Å². The Kier molecular flexibility index (Phi) is 2.31. The van der Waals surface area contributed by atoms with Gasteiger partial charge in [-0.1, -0.05) is 12.2 Å². The van der Waals surface area contributed by atoms with Gasteiger partial charge in [-0.25, -0.2) is 0 Å². The minimum Gasteiger partial charge on any atom is -0.493 e. The van der Waals surface area contributed by atoms with Crippen molar-refractivity contribution in [3.8, 4) is 17.2 Å². The maximum absolute atomic E-state index is 5.29. The molecule has 0 aliphatic carbocycles. The third-order valence-corrected chi connectivity index (χ3v) is 2.04. The molecule has 3 heteroatoms. The third-order valence-electron chi connectivity index (χ3n) is 2.04. The number of ether oxygens (including phenoxy) is 3. The monoisotopic (exact) mass is 192 g/mol. The van der Waals surface area contributed by atoms with Crippen molar-refractivity contribution < 1.29 is 14.2 Å². The van der Waals surface area contributed by atoms with E-state index >= 15 is 0 Å². The first kappa shape index (κ1) is 8.94. The van der Waals surface area contributed by atoms with Crippen LogP contribution in [0.4, 0.5) is 0 Å². The molecule has 0 saturated carbocycles. The molecule has 2 rings (SSSR count). The SMILES string of the molecule is CC=Cc1cc(OC)c2c(c1)OCO2. The predicted octanol–water partition coefficient (Wildman–Crippen LogP) is 2.46. The van der Waals surface area contributed by atoms with E-state index in [9.17, 15) is 0 Å². The average Bonchev–Trinajstić information content (AvgIpc) is 2.65. The van der Waals surface area contributed by atoms with Crippen molar-refractivity contribution in [1.82, 2.24) is 0 Å². The van der Waals surface area contributed by atoms with Crippen molar-refractivity contribution in [3.63, 3.8) is 0 Å². The van der Waals surface area contributed by atoms with Gasteiger partial charge in [0.1, 0.15) is 0 Å². The Hall–Kier alpha value is -1.64. The zero-order valence-corrected chi connectivity index (χ0v) is 8.24. The highest BCUT2D eigenvalue weighted by Crippen LogP contribution is 2.41. The molecule has 0 unspecified atom stereocenters. The van der Waals surface area contributed by atoms with E-state index in [1.165, 1.54) is 0 Å². The molecule has 0 radical (unpaired) electrons. The Morgan fingerprint density at radius 2 is 2.21 bits per heavy atom. The Morgan fingerprint density at radius 1 is 1.36 bits per heavy atom. The summed E-state index contributed by atoms with van der Waals surface area (Å²) in [6.07, 6.45) is 3.96. The summed E-state index contributed by atoms with van der Waals surface area (Å²) in [5.41, 5.74) is 1.05. The molecule has 1 heterocycles. The van der Waals surface area contributed by atoms with Crippen molar-refractivity contribution in [2.24, 2.45) is 0 Å². The van der Waals surface area contributed by atoms with Gasteiger partial charge in [-0.05, 0) is 24.6 Å². The topological polar surface area (TPSA) is 27.7 Å². The smallest absolute Gasteiger partial charge is 0.231 e. The molecule has 3 nitrogen and oxygen atoms in total. The molecular weight excluding hydrogens is 180 g/mol. The largest absolute Gasteiger partial charge is 0.493 e. The summed E-state index contributed by atoms with van der Waals surface area (Å²) >= 11 is 0. The first-order valence-electron chi connectivity index (χ1n) is 4.45. The number of rotatable bonds is 2. The Morgan fingerprint density at radius 3 is 2.93 bits per heavy atom. The van der Waals surface area contributed by atoms with Crippen LogP contribution in [0.25, 0.3) is 6.08 Å². The molecule has 74 valence electrons. The number of methoxy groups -OCH3 is 1. The van der Waals surface area contributed by atoms with Crippen LogP contribution in [0.5, 0.6) is 17.2 Å². The van der Waals surface area contributed by atoms with Gasteiger partial charge in [0.2, 0.25) is 12.5 Å².